The second-order valence-electron chi connectivity index (χ2n) is 3.60. The molecule has 0 saturated carbocycles. The molecule has 1 fully saturated rings. The van der Waals surface area contributed by atoms with Crippen LogP contribution < -0.4 is 0 Å². The average Bonchev–Trinajstić information content (AvgIpc) is 2.45. The standard InChI is InChI=1S/C9H14O2/c1-6-2-3-7-4-11-5-8(7)9(6)10/h2-3,6-10H,4-5H2,1H3. The van der Waals surface area contributed by atoms with Crippen molar-refractivity contribution in [3.8, 4) is 0 Å². The average molecular weight is 154 g/mol. The number of fused-ring (bicyclic) bond motifs is 1. The first-order valence-corrected chi connectivity index (χ1v) is 4.23. The largest absolute Gasteiger partial charge is 0.392 e. The highest BCUT2D eigenvalue weighted by Gasteiger charge is 2.36. The monoisotopic (exact) mass is 154 g/mol. The van der Waals surface area contributed by atoms with Gasteiger partial charge in [0.15, 0.2) is 0 Å². The fourth-order valence-corrected chi connectivity index (χ4v) is 1.96. The second-order valence-corrected chi connectivity index (χ2v) is 3.60. The van der Waals surface area contributed by atoms with Gasteiger partial charge in [-0.05, 0) is 0 Å². The number of aliphatic hydroxyl groups is 1. The lowest BCUT2D eigenvalue weighted by molar-refractivity contribution is 0.0527. The van der Waals surface area contributed by atoms with Crippen LogP contribution >= 0.6 is 0 Å². The normalized spacial score (nSPS) is 49.3. The van der Waals surface area contributed by atoms with Crippen molar-refractivity contribution in [2.45, 2.75) is 13.0 Å². The summed E-state index contributed by atoms with van der Waals surface area (Å²) in [6, 6.07) is 0. The fraction of sp³-hybridized carbons (Fsp3) is 0.778. The second kappa shape index (κ2) is 2.61. The molecule has 0 spiro atoms. The van der Waals surface area contributed by atoms with Gasteiger partial charge in [0.05, 0.1) is 19.3 Å². The molecule has 4 atom stereocenters. The van der Waals surface area contributed by atoms with Crippen LogP contribution in [0.1, 0.15) is 6.92 Å². The van der Waals surface area contributed by atoms with Gasteiger partial charge in [-0.3, -0.25) is 0 Å². The van der Waals surface area contributed by atoms with E-state index in [1.165, 1.54) is 0 Å². The van der Waals surface area contributed by atoms with Crippen LogP contribution in [0.15, 0.2) is 12.2 Å². The minimum absolute atomic E-state index is 0.188. The van der Waals surface area contributed by atoms with Crippen LogP contribution in [0, 0.1) is 17.8 Å². The van der Waals surface area contributed by atoms with Crippen LogP contribution in [-0.2, 0) is 4.74 Å². The first-order chi connectivity index (χ1) is 5.29. The van der Waals surface area contributed by atoms with E-state index in [0.717, 1.165) is 13.2 Å². The molecule has 2 aliphatic rings. The molecular weight excluding hydrogens is 140 g/mol. The lowest BCUT2D eigenvalue weighted by Gasteiger charge is -2.28. The zero-order valence-corrected chi connectivity index (χ0v) is 6.73. The molecular formula is C9H14O2. The van der Waals surface area contributed by atoms with Crippen molar-refractivity contribution in [1.29, 1.82) is 0 Å². The van der Waals surface area contributed by atoms with Gasteiger partial charge in [-0.15, -0.1) is 0 Å². The Balaban J connectivity index is 2.17. The summed E-state index contributed by atoms with van der Waals surface area (Å²) in [6.45, 7) is 3.58. The molecule has 0 aromatic carbocycles. The molecule has 0 radical (unpaired) electrons. The maximum Gasteiger partial charge on any atom is 0.0656 e. The number of aliphatic hydroxyl groups excluding tert-OH is 1. The summed E-state index contributed by atoms with van der Waals surface area (Å²) in [4.78, 5) is 0. The van der Waals surface area contributed by atoms with E-state index in [4.69, 9.17) is 4.74 Å². The Hall–Kier alpha value is -0.340. The van der Waals surface area contributed by atoms with Crippen LogP contribution in [0.3, 0.4) is 0 Å². The van der Waals surface area contributed by atoms with Gasteiger partial charge < -0.3 is 9.84 Å². The van der Waals surface area contributed by atoms with Gasteiger partial charge in [0.1, 0.15) is 0 Å². The van der Waals surface area contributed by atoms with Crippen molar-refractivity contribution in [2.75, 3.05) is 13.2 Å². The maximum absolute atomic E-state index is 9.72. The number of ether oxygens (including phenoxy) is 1. The molecule has 1 aliphatic heterocycles. The molecule has 1 saturated heterocycles. The van der Waals surface area contributed by atoms with E-state index in [2.05, 4.69) is 19.1 Å². The Morgan fingerprint density at radius 3 is 3.00 bits per heavy atom. The maximum atomic E-state index is 9.72. The summed E-state index contributed by atoms with van der Waals surface area (Å²) in [5.41, 5.74) is 0. The number of hydrogen-bond acceptors (Lipinski definition) is 2. The van der Waals surface area contributed by atoms with Crippen LogP contribution in [-0.4, -0.2) is 24.4 Å². The summed E-state index contributed by atoms with van der Waals surface area (Å²) in [6.07, 6.45) is 4.10. The Morgan fingerprint density at radius 1 is 1.36 bits per heavy atom. The molecule has 0 bridgehead atoms. The zero-order valence-electron chi connectivity index (χ0n) is 6.73. The summed E-state index contributed by atoms with van der Waals surface area (Å²) >= 11 is 0. The minimum Gasteiger partial charge on any atom is -0.392 e. The third kappa shape index (κ3) is 1.10. The fourth-order valence-electron chi connectivity index (χ4n) is 1.96. The first-order valence-electron chi connectivity index (χ1n) is 4.23. The highest BCUT2D eigenvalue weighted by molar-refractivity contribution is 5.06. The third-order valence-electron chi connectivity index (χ3n) is 2.81. The molecule has 1 heterocycles. The van der Waals surface area contributed by atoms with E-state index in [1.807, 2.05) is 0 Å². The van der Waals surface area contributed by atoms with Crippen molar-refractivity contribution >= 4 is 0 Å². The Kier molecular flexibility index (Phi) is 1.74. The predicted molar refractivity (Wildman–Crippen MR) is 42.1 cm³/mol. The number of hydrogen-bond donors (Lipinski definition) is 1. The third-order valence-corrected chi connectivity index (χ3v) is 2.81. The topological polar surface area (TPSA) is 29.5 Å². The molecule has 62 valence electrons. The quantitative estimate of drug-likeness (QED) is 0.523. The molecule has 0 amide bonds. The van der Waals surface area contributed by atoms with Gasteiger partial charge in [-0.25, -0.2) is 0 Å². The molecule has 2 heteroatoms. The SMILES string of the molecule is CC1C=CC2COCC2C1O. The Bertz CT molecular complexity index is 176. The molecule has 2 rings (SSSR count). The van der Waals surface area contributed by atoms with Crippen molar-refractivity contribution < 1.29 is 9.84 Å². The van der Waals surface area contributed by atoms with Crippen LogP contribution in [0.2, 0.25) is 0 Å². The summed E-state index contributed by atoms with van der Waals surface area (Å²) in [5.74, 6) is 1.13. The van der Waals surface area contributed by atoms with E-state index in [1.54, 1.807) is 0 Å². The van der Waals surface area contributed by atoms with Crippen LogP contribution in [0.5, 0.6) is 0 Å². The zero-order chi connectivity index (χ0) is 7.84. The van der Waals surface area contributed by atoms with E-state index >= 15 is 0 Å². The Labute approximate surface area is 66.9 Å². The van der Waals surface area contributed by atoms with E-state index in [0.29, 0.717) is 17.8 Å². The van der Waals surface area contributed by atoms with E-state index in [9.17, 15) is 5.11 Å². The van der Waals surface area contributed by atoms with Gasteiger partial charge in [0.25, 0.3) is 0 Å². The number of rotatable bonds is 0. The molecule has 11 heavy (non-hydrogen) atoms. The molecule has 0 aromatic rings. The van der Waals surface area contributed by atoms with Gasteiger partial charge in [0, 0.05) is 17.8 Å². The smallest absolute Gasteiger partial charge is 0.0656 e. The van der Waals surface area contributed by atoms with E-state index in [-0.39, 0.29) is 6.10 Å². The van der Waals surface area contributed by atoms with Gasteiger partial charge in [-0.1, -0.05) is 19.1 Å². The minimum atomic E-state index is -0.188. The van der Waals surface area contributed by atoms with Gasteiger partial charge in [-0.2, -0.15) is 0 Å². The summed E-state index contributed by atoms with van der Waals surface area (Å²) < 4.78 is 5.30. The predicted octanol–water partition coefficient (Wildman–Crippen LogP) is 0.816. The Morgan fingerprint density at radius 2 is 2.18 bits per heavy atom. The summed E-state index contributed by atoms with van der Waals surface area (Å²) in [7, 11) is 0. The van der Waals surface area contributed by atoms with Crippen molar-refractivity contribution in [3.05, 3.63) is 12.2 Å². The van der Waals surface area contributed by atoms with Crippen LogP contribution in [0.4, 0.5) is 0 Å². The van der Waals surface area contributed by atoms with Crippen molar-refractivity contribution in [2.24, 2.45) is 17.8 Å². The summed E-state index contributed by atoms with van der Waals surface area (Å²) in [5, 5.41) is 9.72. The van der Waals surface area contributed by atoms with Crippen molar-refractivity contribution in [1.82, 2.24) is 0 Å². The van der Waals surface area contributed by atoms with Crippen molar-refractivity contribution in [3.63, 3.8) is 0 Å². The van der Waals surface area contributed by atoms with Gasteiger partial charge in [0.2, 0.25) is 0 Å². The highest BCUT2D eigenvalue weighted by Crippen LogP contribution is 2.33. The lowest BCUT2D eigenvalue weighted by atomic mass is 9.79. The molecule has 0 aromatic heterocycles. The van der Waals surface area contributed by atoms with Crippen LogP contribution in [0.25, 0.3) is 0 Å². The van der Waals surface area contributed by atoms with Gasteiger partial charge >= 0.3 is 0 Å². The molecule has 2 nitrogen and oxygen atoms in total. The molecule has 1 aliphatic carbocycles. The van der Waals surface area contributed by atoms with E-state index < -0.39 is 0 Å². The first kappa shape index (κ1) is 7.32. The molecule has 4 unspecified atom stereocenters. The highest BCUT2D eigenvalue weighted by atomic mass is 16.5. The lowest BCUT2D eigenvalue weighted by Crippen LogP contribution is -2.34. The molecule has 1 N–H and O–H groups in total.